The van der Waals surface area contributed by atoms with Gasteiger partial charge in [-0.15, -0.1) is 6.42 Å². The Hall–Kier alpha value is -1.88. The molecule has 2 heteroatoms. The van der Waals surface area contributed by atoms with E-state index in [9.17, 15) is 0 Å². The molecule has 2 nitrogen and oxygen atoms in total. The summed E-state index contributed by atoms with van der Waals surface area (Å²) in [6.07, 6.45) is 9.07. The number of ether oxygens (including phenoxy) is 2. The predicted octanol–water partition coefficient (Wildman–Crippen LogP) is 1.71. The Balaban J connectivity index is 2.58. The lowest BCUT2D eigenvalue weighted by Gasteiger charge is -2.11. The zero-order valence-corrected chi connectivity index (χ0v) is 6.20. The molecule has 0 bridgehead atoms. The summed E-state index contributed by atoms with van der Waals surface area (Å²) in [6, 6.07) is 5.38. The van der Waals surface area contributed by atoms with E-state index in [0.29, 0.717) is 17.1 Å². The quantitative estimate of drug-likeness (QED) is 0.534. The molecular formula is C10H5O2. The van der Waals surface area contributed by atoms with Crippen LogP contribution in [0.15, 0.2) is 24.5 Å². The van der Waals surface area contributed by atoms with E-state index in [1.165, 1.54) is 6.26 Å². The van der Waals surface area contributed by atoms with Gasteiger partial charge in [-0.3, -0.25) is 0 Å². The fourth-order valence-corrected chi connectivity index (χ4v) is 1.00. The molecule has 0 aliphatic carbocycles. The van der Waals surface area contributed by atoms with Crippen LogP contribution in [0.1, 0.15) is 5.56 Å². The molecule has 2 rings (SSSR count). The summed E-state index contributed by atoms with van der Waals surface area (Å²) in [6.45, 7) is 0. The van der Waals surface area contributed by atoms with Gasteiger partial charge in [0.1, 0.15) is 6.26 Å². The third kappa shape index (κ3) is 0.923. The van der Waals surface area contributed by atoms with Gasteiger partial charge >= 0.3 is 0 Å². The van der Waals surface area contributed by atoms with Crippen molar-refractivity contribution in [1.29, 1.82) is 0 Å². The van der Waals surface area contributed by atoms with Crippen LogP contribution in [0.5, 0.6) is 11.5 Å². The van der Waals surface area contributed by atoms with Crippen molar-refractivity contribution in [3.63, 3.8) is 0 Å². The van der Waals surface area contributed by atoms with Gasteiger partial charge in [-0.05, 0) is 12.1 Å². The smallest absolute Gasteiger partial charge is 0.208 e. The van der Waals surface area contributed by atoms with Crippen molar-refractivity contribution >= 4 is 0 Å². The maximum atomic E-state index is 5.25. The second-order valence-corrected chi connectivity index (χ2v) is 2.23. The van der Waals surface area contributed by atoms with E-state index in [0.717, 1.165) is 0 Å². The standard InChI is InChI=1S/C10H5O2/c1-2-8-4-3-5-9-10(8)12-7-6-11-9/h1,3-5,7H. The minimum absolute atomic E-state index is 0.582. The summed E-state index contributed by atoms with van der Waals surface area (Å²) in [5.74, 6) is 3.69. The number of benzene rings is 1. The van der Waals surface area contributed by atoms with E-state index in [4.69, 9.17) is 15.9 Å². The Morgan fingerprint density at radius 1 is 1.42 bits per heavy atom. The van der Waals surface area contributed by atoms with Gasteiger partial charge in [0, 0.05) is 0 Å². The first kappa shape index (κ1) is 6.81. The van der Waals surface area contributed by atoms with E-state index < -0.39 is 0 Å². The minimum Gasteiger partial charge on any atom is -0.456 e. The largest absolute Gasteiger partial charge is 0.456 e. The summed E-state index contributed by atoms with van der Waals surface area (Å²) in [5, 5.41) is 0. The zero-order chi connectivity index (χ0) is 8.39. The first-order chi connectivity index (χ1) is 5.92. The predicted molar refractivity (Wildman–Crippen MR) is 43.4 cm³/mol. The van der Waals surface area contributed by atoms with Gasteiger partial charge in [-0.25, -0.2) is 0 Å². The molecule has 0 aromatic heterocycles. The van der Waals surface area contributed by atoms with E-state index in [-0.39, 0.29) is 0 Å². The van der Waals surface area contributed by atoms with E-state index in [1.807, 2.05) is 6.07 Å². The Morgan fingerprint density at radius 2 is 2.33 bits per heavy atom. The molecule has 1 aliphatic rings. The monoisotopic (exact) mass is 157 g/mol. The third-order valence-corrected chi connectivity index (χ3v) is 1.53. The van der Waals surface area contributed by atoms with Crippen LogP contribution in [0.4, 0.5) is 0 Å². The van der Waals surface area contributed by atoms with Crippen LogP contribution in [0, 0.1) is 18.6 Å². The van der Waals surface area contributed by atoms with Crippen LogP contribution in [0.2, 0.25) is 0 Å². The molecule has 57 valence electrons. The van der Waals surface area contributed by atoms with Crippen LogP contribution in [-0.2, 0) is 0 Å². The van der Waals surface area contributed by atoms with Gasteiger partial charge in [0.25, 0.3) is 0 Å². The molecule has 1 aromatic rings. The van der Waals surface area contributed by atoms with Gasteiger partial charge < -0.3 is 9.47 Å². The van der Waals surface area contributed by atoms with E-state index in [1.54, 1.807) is 12.1 Å². The Kier molecular flexibility index (Phi) is 1.49. The molecule has 0 unspecified atom stereocenters. The maximum Gasteiger partial charge on any atom is 0.208 e. The first-order valence-corrected chi connectivity index (χ1v) is 3.42. The SMILES string of the molecule is C#Cc1cccc2c1OC=[C]O2. The van der Waals surface area contributed by atoms with Crippen molar-refractivity contribution in [3.8, 4) is 23.8 Å². The van der Waals surface area contributed by atoms with Crippen LogP contribution < -0.4 is 9.47 Å². The highest BCUT2D eigenvalue weighted by molar-refractivity contribution is 5.54. The van der Waals surface area contributed by atoms with Crippen LogP contribution in [0.25, 0.3) is 0 Å². The molecule has 0 saturated heterocycles. The number of rotatable bonds is 0. The lowest BCUT2D eigenvalue weighted by Crippen LogP contribution is -1.98. The number of fused-ring (bicyclic) bond motifs is 1. The number of terminal acetylenes is 1. The van der Waals surface area contributed by atoms with Crippen molar-refractivity contribution in [2.45, 2.75) is 0 Å². The first-order valence-electron chi connectivity index (χ1n) is 3.42. The molecule has 0 N–H and O–H groups in total. The Bertz CT molecular complexity index is 372. The molecule has 0 fully saturated rings. The van der Waals surface area contributed by atoms with E-state index in [2.05, 4.69) is 12.2 Å². The molecule has 1 heterocycles. The fraction of sp³-hybridized carbons (Fsp3) is 0. The molecule has 1 aliphatic heterocycles. The Morgan fingerprint density at radius 3 is 3.17 bits per heavy atom. The highest BCUT2D eigenvalue weighted by Gasteiger charge is 2.11. The van der Waals surface area contributed by atoms with Crippen LogP contribution in [0.3, 0.4) is 0 Å². The van der Waals surface area contributed by atoms with Gasteiger partial charge in [-0.1, -0.05) is 12.0 Å². The van der Waals surface area contributed by atoms with Crippen molar-refractivity contribution in [2.75, 3.05) is 0 Å². The van der Waals surface area contributed by atoms with Gasteiger partial charge in [0.2, 0.25) is 6.26 Å². The molecule has 1 aromatic carbocycles. The zero-order valence-electron chi connectivity index (χ0n) is 6.20. The third-order valence-electron chi connectivity index (χ3n) is 1.53. The molecule has 0 spiro atoms. The average Bonchev–Trinajstić information content (AvgIpc) is 2.17. The van der Waals surface area contributed by atoms with E-state index >= 15 is 0 Å². The van der Waals surface area contributed by atoms with Crippen LogP contribution in [-0.4, -0.2) is 0 Å². The number of hydrogen-bond acceptors (Lipinski definition) is 2. The van der Waals surface area contributed by atoms with Gasteiger partial charge in [0.15, 0.2) is 11.5 Å². The number of hydrogen-bond donors (Lipinski definition) is 0. The van der Waals surface area contributed by atoms with Crippen molar-refractivity contribution in [2.24, 2.45) is 0 Å². The lowest BCUT2D eigenvalue weighted by molar-refractivity contribution is 0.342. The van der Waals surface area contributed by atoms with Gasteiger partial charge in [-0.2, -0.15) is 0 Å². The molecule has 0 saturated carbocycles. The van der Waals surface area contributed by atoms with Gasteiger partial charge in [0.05, 0.1) is 5.56 Å². The summed E-state index contributed by atoms with van der Waals surface area (Å²) in [4.78, 5) is 0. The fourth-order valence-electron chi connectivity index (χ4n) is 1.00. The van der Waals surface area contributed by atoms with Crippen LogP contribution >= 0.6 is 0 Å². The van der Waals surface area contributed by atoms with Crippen molar-refractivity contribution < 1.29 is 9.47 Å². The summed E-state index contributed by atoms with van der Waals surface area (Å²) >= 11 is 0. The molecule has 1 radical (unpaired) electrons. The summed E-state index contributed by atoms with van der Waals surface area (Å²) in [5.41, 5.74) is 0.685. The number of para-hydroxylation sites is 1. The molecular weight excluding hydrogens is 152 g/mol. The lowest BCUT2D eigenvalue weighted by atomic mass is 10.2. The molecule has 0 amide bonds. The van der Waals surface area contributed by atoms with Crippen molar-refractivity contribution in [3.05, 3.63) is 36.3 Å². The minimum atomic E-state index is 0.582. The highest BCUT2D eigenvalue weighted by atomic mass is 16.5. The topological polar surface area (TPSA) is 18.5 Å². The average molecular weight is 157 g/mol. The maximum absolute atomic E-state index is 5.25. The van der Waals surface area contributed by atoms with Crippen molar-refractivity contribution in [1.82, 2.24) is 0 Å². The second kappa shape index (κ2) is 2.63. The molecule has 0 atom stereocenters. The summed E-state index contributed by atoms with van der Waals surface area (Å²) < 4.78 is 10.2. The molecule has 12 heavy (non-hydrogen) atoms. The highest BCUT2D eigenvalue weighted by Crippen LogP contribution is 2.32. The summed E-state index contributed by atoms with van der Waals surface area (Å²) in [7, 11) is 0. The second-order valence-electron chi connectivity index (χ2n) is 2.23. The Labute approximate surface area is 70.4 Å². The normalized spacial score (nSPS) is 12.2.